The predicted molar refractivity (Wildman–Crippen MR) is 120 cm³/mol. The molecule has 2 aromatic rings. The van der Waals surface area contributed by atoms with Crippen LogP contribution >= 0.6 is 0 Å². The molecule has 7 heteroatoms. The molecule has 1 aromatic heterocycles. The van der Waals surface area contributed by atoms with Crippen LogP contribution in [0.3, 0.4) is 0 Å². The Morgan fingerprint density at radius 3 is 2.38 bits per heavy atom. The van der Waals surface area contributed by atoms with Gasteiger partial charge < -0.3 is 14.2 Å². The first-order chi connectivity index (χ1) is 15.3. The van der Waals surface area contributed by atoms with Crippen LogP contribution in [-0.2, 0) is 9.59 Å². The zero-order valence-electron chi connectivity index (χ0n) is 19.1. The first kappa shape index (κ1) is 21.9. The van der Waals surface area contributed by atoms with Crippen molar-refractivity contribution >= 4 is 17.4 Å². The second kappa shape index (κ2) is 8.30. The van der Waals surface area contributed by atoms with Crippen LogP contribution in [0.25, 0.3) is 0 Å². The number of benzene rings is 1. The lowest BCUT2D eigenvalue weighted by Crippen LogP contribution is -2.43. The van der Waals surface area contributed by atoms with Crippen molar-refractivity contribution in [1.29, 1.82) is 0 Å². The van der Waals surface area contributed by atoms with E-state index in [1.165, 1.54) is 0 Å². The first-order valence-electron chi connectivity index (χ1n) is 10.6. The van der Waals surface area contributed by atoms with E-state index in [-0.39, 0.29) is 23.5 Å². The summed E-state index contributed by atoms with van der Waals surface area (Å²) in [6, 6.07) is 7.28. The number of hydrogen-bond acceptors (Lipinski definition) is 6. The van der Waals surface area contributed by atoms with Gasteiger partial charge in [0.25, 0.3) is 0 Å². The maximum absolute atomic E-state index is 13.5. The molecule has 7 nitrogen and oxygen atoms in total. The van der Waals surface area contributed by atoms with Crippen molar-refractivity contribution in [2.75, 3.05) is 26.2 Å². The van der Waals surface area contributed by atoms with Crippen LogP contribution < -0.4 is 19.1 Å². The first-order valence-corrected chi connectivity index (χ1v) is 10.6. The third-order valence-corrected chi connectivity index (χ3v) is 6.16. The van der Waals surface area contributed by atoms with Crippen molar-refractivity contribution in [3.63, 3.8) is 0 Å². The molecular weight excluding hydrogens is 408 g/mol. The molecule has 0 spiro atoms. The van der Waals surface area contributed by atoms with Crippen molar-refractivity contribution in [1.82, 2.24) is 4.98 Å². The largest absolute Gasteiger partial charge is 0.493 e. The summed E-state index contributed by atoms with van der Waals surface area (Å²) in [5.41, 5.74) is 2.58. The average molecular weight is 437 g/mol. The smallest absolute Gasteiger partial charge is 0.232 e. The van der Waals surface area contributed by atoms with Crippen molar-refractivity contribution in [3.05, 3.63) is 53.5 Å². The van der Waals surface area contributed by atoms with E-state index in [9.17, 15) is 9.59 Å². The summed E-state index contributed by atoms with van der Waals surface area (Å²) in [6.45, 7) is 4.11. The molecule has 1 aliphatic heterocycles. The number of ketones is 1. The number of amides is 1. The van der Waals surface area contributed by atoms with E-state index in [0.29, 0.717) is 41.4 Å². The van der Waals surface area contributed by atoms with Crippen molar-refractivity contribution in [3.8, 4) is 17.2 Å². The lowest BCUT2D eigenvalue weighted by molar-refractivity contribution is -0.121. The summed E-state index contributed by atoms with van der Waals surface area (Å²) in [4.78, 5) is 32.8. The van der Waals surface area contributed by atoms with Gasteiger partial charge in [-0.2, -0.15) is 0 Å². The number of hydrogen-bond donors (Lipinski definition) is 0. The number of carbonyl (C=O) groups is 2. The topological polar surface area (TPSA) is 78.0 Å². The predicted octanol–water partition coefficient (Wildman–Crippen LogP) is 4.27. The van der Waals surface area contributed by atoms with Gasteiger partial charge in [-0.05, 0) is 30.0 Å². The van der Waals surface area contributed by atoms with Crippen molar-refractivity contribution < 1.29 is 23.8 Å². The van der Waals surface area contributed by atoms with Gasteiger partial charge in [-0.15, -0.1) is 0 Å². The molecule has 1 unspecified atom stereocenters. The number of carbonyl (C=O) groups excluding carboxylic acids is 2. The molecule has 168 valence electrons. The fourth-order valence-electron chi connectivity index (χ4n) is 4.87. The fraction of sp³-hybridized carbons (Fsp3) is 0.400. The molecule has 0 radical (unpaired) electrons. The fourth-order valence-corrected chi connectivity index (χ4v) is 4.87. The Hall–Kier alpha value is -3.35. The van der Waals surface area contributed by atoms with Gasteiger partial charge in [0.15, 0.2) is 17.3 Å². The van der Waals surface area contributed by atoms with Crippen LogP contribution in [0.4, 0.5) is 5.69 Å². The molecular formula is C25H28N2O5. The number of methoxy groups -OCH3 is 3. The summed E-state index contributed by atoms with van der Waals surface area (Å²) in [5.74, 6) is 0.995. The third-order valence-electron chi connectivity index (χ3n) is 6.16. The van der Waals surface area contributed by atoms with E-state index in [1.54, 1.807) is 50.8 Å². The molecule has 0 fully saturated rings. The minimum atomic E-state index is -0.427. The van der Waals surface area contributed by atoms with Crippen LogP contribution in [0.5, 0.6) is 17.2 Å². The van der Waals surface area contributed by atoms with E-state index in [4.69, 9.17) is 14.2 Å². The molecule has 2 heterocycles. The normalized spacial score (nSPS) is 20.2. The number of anilines is 1. The molecule has 0 saturated heterocycles. The Bertz CT molecular complexity index is 1090. The Balaban J connectivity index is 1.94. The highest BCUT2D eigenvalue weighted by atomic mass is 16.5. The lowest BCUT2D eigenvalue weighted by atomic mass is 9.69. The number of ether oxygens (including phenoxy) is 3. The van der Waals surface area contributed by atoms with Crippen LogP contribution in [0.1, 0.15) is 44.6 Å². The molecule has 1 aromatic carbocycles. The summed E-state index contributed by atoms with van der Waals surface area (Å²) in [7, 11) is 4.65. The molecule has 1 aliphatic carbocycles. The molecule has 0 N–H and O–H groups in total. The summed E-state index contributed by atoms with van der Waals surface area (Å²) in [5, 5.41) is 0. The summed E-state index contributed by atoms with van der Waals surface area (Å²) in [6.07, 6.45) is 4.51. The molecule has 4 rings (SSSR count). The van der Waals surface area contributed by atoms with Crippen LogP contribution in [0, 0.1) is 5.41 Å². The number of rotatable bonds is 5. The number of nitrogens with zero attached hydrogens (tertiary/aromatic N) is 2. The number of allylic oxidation sites excluding steroid dienone is 2. The second-order valence-corrected chi connectivity index (χ2v) is 8.92. The van der Waals surface area contributed by atoms with E-state index in [0.717, 1.165) is 11.3 Å². The Labute approximate surface area is 188 Å². The number of pyridine rings is 1. The van der Waals surface area contributed by atoms with E-state index >= 15 is 0 Å². The van der Waals surface area contributed by atoms with E-state index < -0.39 is 5.92 Å². The third kappa shape index (κ3) is 3.61. The number of aromatic nitrogens is 1. The maximum atomic E-state index is 13.5. The summed E-state index contributed by atoms with van der Waals surface area (Å²) >= 11 is 0. The van der Waals surface area contributed by atoms with Crippen LogP contribution in [0.15, 0.2) is 47.9 Å². The Morgan fingerprint density at radius 1 is 1.00 bits per heavy atom. The minimum absolute atomic E-state index is 0.0551. The summed E-state index contributed by atoms with van der Waals surface area (Å²) < 4.78 is 16.6. The zero-order chi connectivity index (χ0) is 23.0. The van der Waals surface area contributed by atoms with Crippen molar-refractivity contribution in [2.24, 2.45) is 5.41 Å². The highest BCUT2D eigenvalue weighted by Gasteiger charge is 2.45. The van der Waals surface area contributed by atoms with E-state index in [2.05, 4.69) is 18.8 Å². The van der Waals surface area contributed by atoms with Gasteiger partial charge in [-0.1, -0.05) is 19.9 Å². The average Bonchev–Trinajstić information content (AvgIpc) is 2.76. The maximum Gasteiger partial charge on any atom is 0.232 e. The highest BCUT2D eigenvalue weighted by Crippen LogP contribution is 2.52. The zero-order valence-corrected chi connectivity index (χ0v) is 19.1. The molecule has 32 heavy (non-hydrogen) atoms. The second-order valence-electron chi connectivity index (χ2n) is 8.92. The SMILES string of the molecule is COc1ccc(C2CC(=O)N(c3cccnc3)C3=C2C(=O)CC(C)(C)C3)c(OC)c1OC. The van der Waals surface area contributed by atoms with Crippen LogP contribution in [-0.4, -0.2) is 38.0 Å². The monoisotopic (exact) mass is 436 g/mol. The Morgan fingerprint density at radius 2 is 1.75 bits per heavy atom. The molecule has 0 saturated carbocycles. The standard InChI is InChI=1S/C25H28N2O5/c1-25(2)12-18-22(19(28)13-25)17(11-21(29)27(18)15-7-6-10-26-14-15)16-8-9-20(30-3)24(32-5)23(16)31-4/h6-10,14,17H,11-13H2,1-5H3. The molecule has 2 aliphatic rings. The van der Waals surface area contributed by atoms with Gasteiger partial charge >= 0.3 is 0 Å². The van der Waals surface area contributed by atoms with Crippen molar-refractivity contribution in [2.45, 2.75) is 39.0 Å². The quantitative estimate of drug-likeness (QED) is 0.697. The molecule has 0 bridgehead atoms. The minimum Gasteiger partial charge on any atom is -0.493 e. The Kier molecular flexibility index (Phi) is 5.67. The highest BCUT2D eigenvalue weighted by molar-refractivity contribution is 6.08. The van der Waals surface area contributed by atoms with Gasteiger partial charge in [0.1, 0.15) is 0 Å². The van der Waals surface area contributed by atoms with Crippen LogP contribution in [0.2, 0.25) is 0 Å². The number of Topliss-reactive ketones (excluding diaryl/α,β-unsaturated/α-hetero) is 1. The lowest BCUT2D eigenvalue weighted by Gasteiger charge is -2.43. The van der Waals surface area contributed by atoms with Gasteiger partial charge in [-0.25, -0.2) is 0 Å². The van der Waals surface area contributed by atoms with E-state index in [1.807, 2.05) is 12.1 Å². The van der Waals surface area contributed by atoms with Gasteiger partial charge in [-0.3, -0.25) is 19.5 Å². The van der Waals surface area contributed by atoms with Gasteiger partial charge in [0, 0.05) is 41.8 Å². The van der Waals surface area contributed by atoms with Gasteiger partial charge in [0.05, 0.1) is 33.2 Å². The molecule has 1 atom stereocenters. The van der Waals surface area contributed by atoms with Gasteiger partial charge in [0.2, 0.25) is 11.7 Å². The molecule has 1 amide bonds.